The fraction of sp³-hybridized carbons (Fsp3) is 0.455. The Hall–Kier alpha value is -2.60. The highest BCUT2D eigenvalue weighted by molar-refractivity contribution is 5.62. The number of aryl methyl sites for hydroxylation is 3. The van der Waals surface area contributed by atoms with Crippen LogP contribution < -0.4 is 17.1 Å². The quantitative estimate of drug-likeness (QED) is 0.564. The molecule has 2 aromatic heterocycles. The molecule has 2 heterocycles. The molecule has 0 saturated carbocycles. The van der Waals surface area contributed by atoms with Gasteiger partial charge in [-0.1, -0.05) is 46.2 Å². The lowest BCUT2D eigenvalue weighted by Gasteiger charge is -2.21. The Balaban J connectivity index is 0.00000190. The van der Waals surface area contributed by atoms with Gasteiger partial charge in [0.2, 0.25) is 0 Å². The lowest BCUT2D eigenvalue weighted by Crippen LogP contribution is -2.33. The van der Waals surface area contributed by atoms with Crippen LogP contribution in [0.15, 0.2) is 41.0 Å². The highest BCUT2D eigenvalue weighted by Crippen LogP contribution is 2.17. The van der Waals surface area contributed by atoms with Gasteiger partial charge in [-0.25, -0.2) is 5.84 Å². The van der Waals surface area contributed by atoms with E-state index < -0.39 is 0 Å². The van der Waals surface area contributed by atoms with Crippen molar-refractivity contribution in [3.05, 3.63) is 69.0 Å². The zero-order valence-corrected chi connectivity index (χ0v) is 18.1. The molecule has 0 aromatic carbocycles. The Labute approximate surface area is 168 Å². The lowest BCUT2D eigenvalue weighted by molar-refractivity contribution is 0.409. The Bertz CT molecular complexity index is 852. The van der Waals surface area contributed by atoms with Crippen LogP contribution >= 0.6 is 0 Å². The minimum atomic E-state index is -0.0804. The first-order chi connectivity index (χ1) is 13.4. The van der Waals surface area contributed by atoms with Gasteiger partial charge in [-0.3, -0.25) is 9.78 Å². The molecule has 0 amide bonds. The monoisotopic (exact) mass is 385 g/mol. The maximum Gasteiger partial charge on any atom is 0.250 e. The molecule has 154 valence electrons. The number of hydrazine groups is 1. The van der Waals surface area contributed by atoms with Gasteiger partial charge in [0, 0.05) is 25.0 Å². The number of nitrogens with zero attached hydrogens (tertiary/aromatic N) is 3. The molecule has 0 spiro atoms. The van der Waals surface area contributed by atoms with E-state index in [-0.39, 0.29) is 5.56 Å². The largest absolute Gasteiger partial charge is 0.395 e. The molecule has 0 aliphatic rings. The molecule has 28 heavy (non-hydrogen) atoms. The fourth-order valence-corrected chi connectivity index (χ4v) is 2.92. The van der Waals surface area contributed by atoms with E-state index in [0.29, 0.717) is 23.6 Å². The number of nitrogens with two attached hydrogens (primary N) is 2. The van der Waals surface area contributed by atoms with E-state index >= 15 is 0 Å². The van der Waals surface area contributed by atoms with Gasteiger partial charge in [0.15, 0.2) is 0 Å². The van der Waals surface area contributed by atoms with Crippen LogP contribution in [0, 0.1) is 6.92 Å². The average molecular weight is 386 g/mol. The second-order valence-corrected chi connectivity index (χ2v) is 6.54. The number of hydrogen-bond donors (Lipinski definition) is 2. The van der Waals surface area contributed by atoms with Crippen molar-refractivity contribution in [1.82, 2.24) is 14.6 Å². The fourth-order valence-electron chi connectivity index (χ4n) is 2.92. The van der Waals surface area contributed by atoms with E-state index in [0.717, 1.165) is 36.1 Å². The molecule has 0 unspecified atom stereocenters. The van der Waals surface area contributed by atoms with Crippen molar-refractivity contribution in [1.29, 1.82) is 0 Å². The Morgan fingerprint density at radius 3 is 2.43 bits per heavy atom. The molecule has 0 fully saturated rings. The smallest absolute Gasteiger partial charge is 0.250 e. The van der Waals surface area contributed by atoms with Gasteiger partial charge in [-0.05, 0) is 37.0 Å². The van der Waals surface area contributed by atoms with E-state index in [1.165, 1.54) is 5.01 Å². The summed E-state index contributed by atoms with van der Waals surface area (Å²) < 4.78 is 1.64. The van der Waals surface area contributed by atoms with Crippen LogP contribution in [0.3, 0.4) is 0 Å². The van der Waals surface area contributed by atoms with Crippen LogP contribution in [0.2, 0.25) is 0 Å². The molecule has 0 bridgehead atoms. The van der Waals surface area contributed by atoms with Gasteiger partial charge >= 0.3 is 0 Å². The van der Waals surface area contributed by atoms with Crippen molar-refractivity contribution >= 4 is 5.70 Å². The zero-order valence-electron chi connectivity index (χ0n) is 18.1. The number of aromatic nitrogens is 2. The minimum absolute atomic E-state index is 0.0804. The third-order valence-corrected chi connectivity index (χ3v) is 4.45. The van der Waals surface area contributed by atoms with E-state index in [2.05, 4.69) is 18.8 Å². The molecule has 0 atom stereocenters. The highest BCUT2D eigenvalue weighted by Gasteiger charge is 2.13. The molecule has 6 nitrogen and oxygen atoms in total. The first-order valence-corrected chi connectivity index (χ1v) is 10.0. The Kier molecular flexibility index (Phi) is 9.45. The van der Waals surface area contributed by atoms with Gasteiger partial charge < -0.3 is 15.3 Å². The van der Waals surface area contributed by atoms with Crippen LogP contribution in [0.4, 0.5) is 0 Å². The third kappa shape index (κ3) is 5.96. The summed E-state index contributed by atoms with van der Waals surface area (Å²) in [5, 5.41) is 1.46. The van der Waals surface area contributed by atoms with Crippen molar-refractivity contribution in [2.24, 2.45) is 11.6 Å². The third-order valence-electron chi connectivity index (χ3n) is 4.45. The number of likely N-dealkylation sites (N-methyl/N-ethyl adjacent to an activating group) is 1. The Morgan fingerprint density at radius 2 is 1.86 bits per heavy atom. The van der Waals surface area contributed by atoms with Gasteiger partial charge in [0.25, 0.3) is 5.56 Å². The van der Waals surface area contributed by atoms with Gasteiger partial charge in [0.1, 0.15) is 0 Å². The number of hydrogen-bond acceptors (Lipinski definition) is 5. The summed E-state index contributed by atoms with van der Waals surface area (Å²) in [6.07, 6.45) is 4.65. The average Bonchev–Trinajstić information content (AvgIpc) is 2.69. The Morgan fingerprint density at radius 1 is 1.18 bits per heavy atom. The van der Waals surface area contributed by atoms with Crippen molar-refractivity contribution in [3.63, 3.8) is 0 Å². The summed E-state index contributed by atoms with van der Waals surface area (Å²) in [5.41, 5.74) is 11.4. The van der Waals surface area contributed by atoms with Crippen molar-refractivity contribution in [2.45, 2.75) is 60.4 Å². The molecular weight excluding hydrogens is 350 g/mol. The lowest BCUT2D eigenvalue weighted by atomic mass is 10.1. The molecule has 0 saturated heterocycles. The molecule has 0 aliphatic carbocycles. The molecule has 4 N–H and O–H groups in total. The van der Waals surface area contributed by atoms with Crippen molar-refractivity contribution in [3.8, 4) is 0 Å². The molecule has 0 radical (unpaired) electrons. The second kappa shape index (κ2) is 11.3. The summed E-state index contributed by atoms with van der Waals surface area (Å²) in [5.74, 6) is 6.02. The maximum absolute atomic E-state index is 12.3. The standard InChI is InChI=1S/C20H29N5O.C2H6/c1-5-7-15-9-11-19(26)25(12-15)13-18(24(4)22)20(21)17-10-8-14(3)16(6-2)23-17;1-2/h8-12H,5-7,13,21-22H2,1-4H3;1-2H3/b20-18-;. The first kappa shape index (κ1) is 23.4. The van der Waals surface area contributed by atoms with Gasteiger partial charge in [-0.2, -0.15) is 0 Å². The number of pyridine rings is 2. The predicted molar refractivity (Wildman–Crippen MR) is 117 cm³/mol. The van der Waals surface area contributed by atoms with E-state index in [1.54, 1.807) is 17.7 Å². The number of allylic oxidation sites excluding steroid dienone is 1. The molecule has 2 aromatic rings. The van der Waals surface area contributed by atoms with E-state index in [1.807, 2.05) is 45.2 Å². The normalized spacial score (nSPS) is 11.4. The summed E-state index contributed by atoms with van der Waals surface area (Å²) in [6, 6.07) is 7.37. The van der Waals surface area contributed by atoms with Crippen LogP contribution in [-0.4, -0.2) is 21.6 Å². The van der Waals surface area contributed by atoms with Crippen LogP contribution in [0.5, 0.6) is 0 Å². The number of rotatable bonds is 7. The maximum atomic E-state index is 12.3. The van der Waals surface area contributed by atoms with Crippen LogP contribution in [0.1, 0.15) is 56.6 Å². The topological polar surface area (TPSA) is 90.2 Å². The van der Waals surface area contributed by atoms with Crippen LogP contribution in [-0.2, 0) is 19.4 Å². The van der Waals surface area contributed by atoms with Gasteiger partial charge in [0.05, 0.1) is 23.6 Å². The second-order valence-electron chi connectivity index (χ2n) is 6.54. The van der Waals surface area contributed by atoms with Crippen molar-refractivity contribution in [2.75, 3.05) is 7.05 Å². The SMILES string of the molecule is CC.CCCc1ccc(=O)n(C/C(=C(/N)c2ccc(C)c(CC)n2)N(C)N)c1. The highest BCUT2D eigenvalue weighted by atomic mass is 16.1. The summed E-state index contributed by atoms with van der Waals surface area (Å²) >= 11 is 0. The molecular formula is C22H35N5O. The first-order valence-electron chi connectivity index (χ1n) is 10.0. The zero-order chi connectivity index (χ0) is 21.3. The summed E-state index contributed by atoms with van der Waals surface area (Å²) in [6.45, 7) is 10.5. The van der Waals surface area contributed by atoms with E-state index in [9.17, 15) is 4.79 Å². The van der Waals surface area contributed by atoms with Crippen LogP contribution in [0.25, 0.3) is 5.70 Å². The summed E-state index contributed by atoms with van der Waals surface area (Å²) in [4.78, 5) is 16.9. The van der Waals surface area contributed by atoms with E-state index in [4.69, 9.17) is 11.6 Å². The van der Waals surface area contributed by atoms with Gasteiger partial charge in [-0.15, -0.1) is 0 Å². The van der Waals surface area contributed by atoms with Crippen molar-refractivity contribution < 1.29 is 0 Å². The minimum Gasteiger partial charge on any atom is -0.395 e. The molecule has 2 rings (SSSR count). The predicted octanol–water partition coefficient (Wildman–Crippen LogP) is 3.23. The molecule has 6 heteroatoms. The molecule has 0 aliphatic heterocycles. The summed E-state index contributed by atoms with van der Waals surface area (Å²) in [7, 11) is 1.72.